The Labute approximate surface area is 144 Å². The largest absolute Gasteiger partial charge is 0.497 e. The lowest BCUT2D eigenvalue weighted by atomic mass is 10.1. The first-order chi connectivity index (χ1) is 11.6. The molecule has 124 valence electrons. The summed E-state index contributed by atoms with van der Waals surface area (Å²) in [5.74, 6) is 1.11. The molecule has 1 aromatic heterocycles. The summed E-state index contributed by atoms with van der Waals surface area (Å²) >= 11 is 6.06. The number of ether oxygens (including phenoxy) is 2. The van der Waals surface area contributed by atoms with Gasteiger partial charge in [-0.05, 0) is 36.4 Å². The Morgan fingerprint density at radius 1 is 1.17 bits per heavy atom. The topological polar surface area (TPSA) is 60.7 Å². The van der Waals surface area contributed by atoms with E-state index in [9.17, 15) is 4.79 Å². The summed E-state index contributed by atoms with van der Waals surface area (Å²) in [6.07, 6.45) is 1.77. The Balaban J connectivity index is 1.76. The van der Waals surface area contributed by atoms with Crippen LogP contribution in [0.25, 0.3) is 11.0 Å². The van der Waals surface area contributed by atoms with E-state index < -0.39 is 0 Å². The van der Waals surface area contributed by atoms with Crippen molar-refractivity contribution in [3.63, 3.8) is 0 Å². The first kappa shape index (κ1) is 16.2. The number of amides is 1. The third kappa shape index (κ3) is 3.31. The maximum absolute atomic E-state index is 12.3. The lowest BCUT2D eigenvalue weighted by Gasteiger charge is -2.08. The molecule has 3 rings (SSSR count). The van der Waals surface area contributed by atoms with E-state index in [1.54, 1.807) is 31.6 Å². The van der Waals surface area contributed by atoms with Crippen molar-refractivity contribution in [2.24, 2.45) is 0 Å². The fourth-order valence-corrected chi connectivity index (χ4v) is 2.70. The van der Waals surface area contributed by atoms with Crippen LogP contribution in [0.5, 0.6) is 11.5 Å². The van der Waals surface area contributed by atoms with Crippen LogP contribution in [-0.2, 0) is 11.2 Å². The zero-order chi connectivity index (χ0) is 17.1. The minimum atomic E-state index is -0.165. The molecule has 1 amide bonds. The Bertz CT molecular complexity index is 888. The molecule has 0 radical (unpaired) electrons. The van der Waals surface area contributed by atoms with Gasteiger partial charge in [0.2, 0.25) is 5.91 Å². The van der Waals surface area contributed by atoms with Gasteiger partial charge in [0, 0.05) is 16.6 Å². The number of carbonyl (C=O) groups is 1. The van der Waals surface area contributed by atoms with Crippen LogP contribution in [0.4, 0.5) is 5.69 Å². The summed E-state index contributed by atoms with van der Waals surface area (Å²) in [6, 6.07) is 10.6. The van der Waals surface area contributed by atoms with Gasteiger partial charge in [-0.25, -0.2) is 0 Å². The number of carbonyl (C=O) groups excluding carboxylic acids is 1. The van der Waals surface area contributed by atoms with E-state index in [1.807, 2.05) is 18.2 Å². The van der Waals surface area contributed by atoms with Gasteiger partial charge in [-0.2, -0.15) is 0 Å². The van der Waals surface area contributed by atoms with Crippen molar-refractivity contribution in [1.29, 1.82) is 0 Å². The number of hydrogen-bond acceptors (Lipinski definition) is 4. The van der Waals surface area contributed by atoms with Crippen molar-refractivity contribution in [3.05, 3.63) is 53.2 Å². The number of fused-ring (bicyclic) bond motifs is 1. The normalized spacial score (nSPS) is 10.6. The average molecular weight is 346 g/mol. The maximum Gasteiger partial charge on any atom is 0.228 e. The number of nitrogens with one attached hydrogen (secondary N) is 1. The SMILES string of the molecule is COc1ccc2occ(CC(=O)Nc3ccc(OC)c(Cl)c3)c2c1. The molecule has 0 aliphatic carbocycles. The van der Waals surface area contributed by atoms with Gasteiger partial charge in [-0.15, -0.1) is 0 Å². The highest BCUT2D eigenvalue weighted by Crippen LogP contribution is 2.28. The van der Waals surface area contributed by atoms with Gasteiger partial charge in [0.25, 0.3) is 0 Å². The Morgan fingerprint density at radius 2 is 2.00 bits per heavy atom. The molecule has 1 N–H and O–H groups in total. The first-order valence-electron chi connectivity index (χ1n) is 7.28. The highest BCUT2D eigenvalue weighted by molar-refractivity contribution is 6.32. The van der Waals surface area contributed by atoms with Crippen molar-refractivity contribution >= 4 is 34.2 Å². The summed E-state index contributed by atoms with van der Waals surface area (Å²) in [7, 11) is 3.14. The van der Waals surface area contributed by atoms with E-state index in [4.69, 9.17) is 25.5 Å². The van der Waals surface area contributed by atoms with E-state index in [0.717, 1.165) is 10.9 Å². The Kier molecular flexibility index (Phi) is 4.62. The maximum atomic E-state index is 12.3. The molecule has 0 fully saturated rings. The number of anilines is 1. The summed E-state index contributed by atoms with van der Waals surface area (Å²) < 4.78 is 15.8. The fourth-order valence-electron chi connectivity index (χ4n) is 2.45. The molecule has 0 saturated carbocycles. The molecule has 0 aliphatic heterocycles. The summed E-state index contributed by atoms with van der Waals surface area (Å²) in [4.78, 5) is 12.3. The number of halogens is 1. The van der Waals surface area contributed by atoms with Crippen LogP contribution in [0.1, 0.15) is 5.56 Å². The summed E-state index contributed by atoms with van der Waals surface area (Å²) in [5.41, 5.74) is 2.11. The number of hydrogen-bond donors (Lipinski definition) is 1. The van der Waals surface area contributed by atoms with E-state index in [1.165, 1.54) is 7.11 Å². The molecular formula is C18H16ClNO4. The molecule has 0 spiro atoms. The van der Waals surface area contributed by atoms with Crippen molar-refractivity contribution in [2.75, 3.05) is 19.5 Å². The summed E-state index contributed by atoms with van der Waals surface area (Å²) in [6.45, 7) is 0. The number of benzene rings is 2. The van der Waals surface area contributed by atoms with Gasteiger partial charge in [-0.1, -0.05) is 11.6 Å². The van der Waals surface area contributed by atoms with Gasteiger partial charge in [0.15, 0.2) is 0 Å². The van der Waals surface area contributed by atoms with Gasteiger partial charge in [0.1, 0.15) is 17.1 Å². The number of methoxy groups -OCH3 is 2. The van der Waals surface area contributed by atoms with Crippen LogP contribution in [0, 0.1) is 0 Å². The predicted octanol–water partition coefficient (Wildman–Crippen LogP) is 4.28. The smallest absolute Gasteiger partial charge is 0.228 e. The third-order valence-corrected chi connectivity index (χ3v) is 3.94. The van der Waals surface area contributed by atoms with E-state index in [2.05, 4.69) is 5.32 Å². The highest BCUT2D eigenvalue weighted by Gasteiger charge is 2.12. The van der Waals surface area contributed by atoms with Crippen molar-refractivity contribution in [2.45, 2.75) is 6.42 Å². The molecule has 2 aromatic carbocycles. The molecule has 3 aromatic rings. The van der Waals surface area contributed by atoms with Crippen LogP contribution in [0.15, 0.2) is 47.1 Å². The lowest BCUT2D eigenvalue weighted by molar-refractivity contribution is -0.115. The highest BCUT2D eigenvalue weighted by atomic mass is 35.5. The molecule has 0 bridgehead atoms. The van der Waals surface area contributed by atoms with Crippen molar-refractivity contribution < 1.29 is 18.7 Å². The first-order valence-corrected chi connectivity index (χ1v) is 7.66. The molecule has 24 heavy (non-hydrogen) atoms. The standard InChI is InChI=1S/C18H16ClNO4/c1-22-13-4-6-16-14(9-13)11(10-24-16)7-18(21)20-12-3-5-17(23-2)15(19)8-12/h3-6,8-10H,7H2,1-2H3,(H,20,21). The van der Waals surface area contributed by atoms with Crippen LogP contribution >= 0.6 is 11.6 Å². The van der Waals surface area contributed by atoms with Crippen molar-refractivity contribution in [1.82, 2.24) is 0 Å². The number of furan rings is 1. The average Bonchev–Trinajstić information content (AvgIpc) is 2.97. The van der Waals surface area contributed by atoms with E-state index in [-0.39, 0.29) is 12.3 Å². The lowest BCUT2D eigenvalue weighted by Crippen LogP contribution is -2.14. The minimum absolute atomic E-state index is 0.165. The fraction of sp³-hybridized carbons (Fsp3) is 0.167. The Hall–Kier alpha value is -2.66. The van der Waals surface area contributed by atoms with Gasteiger partial charge in [-0.3, -0.25) is 4.79 Å². The van der Waals surface area contributed by atoms with Gasteiger partial charge >= 0.3 is 0 Å². The van der Waals surface area contributed by atoms with Crippen LogP contribution in [0.3, 0.4) is 0 Å². The van der Waals surface area contributed by atoms with Crippen molar-refractivity contribution in [3.8, 4) is 11.5 Å². The zero-order valence-corrected chi connectivity index (χ0v) is 14.0. The molecule has 0 unspecified atom stereocenters. The molecule has 6 heteroatoms. The van der Waals surface area contributed by atoms with E-state index >= 15 is 0 Å². The zero-order valence-electron chi connectivity index (χ0n) is 13.3. The number of rotatable bonds is 5. The third-order valence-electron chi connectivity index (χ3n) is 3.65. The monoisotopic (exact) mass is 345 g/mol. The molecular weight excluding hydrogens is 330 g/mol. The molecule has 0 atom stereocenters. The van der Waals surface area contributed by atoms with Gasteiger partial charge < -0.3 is 19.2 Å². The molecule has 5 nitrogen and oxygen atoms in total. The van der Waals surface area contributed by atoms with Crippen LogP contribution in [-0.4, -0.2) is 20.1 Å². The second-order valence-corrected chi connectivity index (χ2v) is 5.60. The quantitative estimate of drug-likeness (QED) is 0.749. The second kappa shape index (κ2) is 6.84. The van der Waals surface area contributed by atoms with Gasteiger partial charge in [0.05, 0.1) is 31.9 Å². The van der Waals surface area contributed by atoms with Crippen LogP contribution < -0.4 is 14.8 Å². The summed E-state index contributed by atoms with van der Waals surface area (Å²) in [5, 5.41) is 4.11. The Morgan fingerprint density at radius 3 is 2.71 bits per heavy atom. The van der Waals surface area contributed by atoms with E-state index in [0.29, 0.717) is 27.8 Å². The predicted molar refractivity (Wildman–Crippen MR) is 93.1 cm³/mol. The molecule has 0 saturated heterocycles. The van der Waals surface area contributed by atoms with Crippen LogP contribution in [0.2, 0.25) is 5.02 Å². The second-order valence-electron chi connectivity index (χ2n) is 5.20. The molecule has 1 heterocycles. The minimum Gasteiger partial charge on any atom is -0.497 e. The molecule has 0 aliphatic rings.